The van der Waals surface area contributed by atoms with Crippen LogP contribution in [0.2, 0.25) is 0 Å². The lowest BCUT2D eigenvalue weighted by Gasteiger charge is -2.28. The molecule has 4 nitrogen and oxygen atoms in total. The molecule has 0 heterocycles. The maximum Gasteiger partial charge on any atom is 0.309 e. The molecule has 0 N–H and O–H groups in total. The summed E-state index contributed by atoms with van der Waals surface area (Å²) in [5.41, 5.74) is 0. The standard InChI is InChI=1S/C12H22O4/c1-7(2)10(12(14)16-6)8(3)9(4)11(13)15-5/h7-10H,1-6H3. The van der Waals surface area contributed by atoms with Gasteiger partial charge in [0.05, 0.1) is 26.1 Å². The minimum atomic E-state index is -0.309. The number of carbonyl (C=O) groups excluding carboxylic acids is 2. The predicted octanol–water partition coefficient (Wildman–Crippen LogP) is 1.88. The zero-order valence-corrected chi connectivity index (χ0v) is 10.9. The monoisotopic (exact) mass is 230 g/mol. The average Bonchev–Trinajstić information content (AvgIpc) is 2.26. The topological polar surface area (TPSA) is 52.6 Å². The number of hydrogen-bond donors (Lipinski definition) is 0. The Balaban J connectivity index is 4.80. The van der Waals surface area contributed by atoms with Gasteiger partial charge in [0.15, 0.2) is 0 Å². The van der Waals surface area contributed by atoms with Crippen LogP contribution in [0.25, 0.3) is 0 Å². The molecule has 16 heavy (non-hydrogen) atoms. The second-order valence-corrected chi connectivity index (χ2v) is 4.46. The van der Waals surface area contributed by atoms with Crippen molar-refractivity contribution in [1.29, 1.82) is 0 Å². The van der Waals surface area contributed by atoms with Crippen LogP contribution in [0, 0.1) is 23.7 Å². The van der Waals surface area contributed by atoms with Gasteiger partial charge in [0.1, 0.15) is 0 Å². The first-order valence-electron chi connectivity index (χ1n) is 5.52. The number of rotatable bonds is 5. The van der Waals surface area contributed by atoms with E-state index in [0.29, 0.717) is 0 Å². The van der Waals surface area contributed by atoms with E-state index in [1.54, 1.807) is 6.92 Å². The van der Waals surface area contributed by atoms with Crippen molar-refractivity contribution < 1.29 is 19.1 Å². The van der Waals surface area contributed by atoms with Crippen molar-refractivity contribution in [2.75, 3.05) is 14.2 Å². The SMILES string of the molecule is COC(=O)C(C)C(C)C(C(=O)OC)C(C)C. The number of carbonyl (C=O) groups is 2. The van der Waals surface area contributed by atoms with E-state index in [1.165, 1.54) is 14.2 Å². The fourth-order valence-electron chi connectivity index (χ4n) is 1.94. The molecule has 4 heteroatoms. The van der Waals surface area contributed by atoms with Gasteiger partial charge < -0.3 is 9.47 Å². The molecule has 0 fully saturated rings. The summed E-state index contributed by atoms with van der Waals surface area (Å²) in [6.07, 6.45) is 0. The number of esters is 2. The summed E-state index contributed by atoms with van der Waals surface area (Å²) in [4.78, 5) is 23.1. The normalized spacial score (nSPS) is 16.4. The van der Waals surface area contributed by atoms with Crippen molar-refractivity contribution in [2.45, 2.75) is 27.7 Å². The molecule has 0 aromatic carbocycles. The third kappa shape index (κ3) is 3.51. The van der Waals surface area contributed by atoms with Crippen LogP contribution < -0.4 is 0 Å². The Morgan fingerprint density at radius 1 is 0.875 bits per heavy atom. The molecule has 0 bridgehead atoms. The first-order chi connectivity index (χ1) is 7.36. The maximum absolute atomic E-state index is 11.6. The van der Waals surface area contributed by atoms with Crippen LogP contribution in [0.3, 0.4) is 0 Å². The fraction of sp³-hybridized carbons (Fsp3) is 0.833. The van der Waals surface area contributed by atoms with Gasteiger partial charge >= 0.3 is 11.9 Å². The summed E-state index contributed by atoms with van der Waals surface area (Å²) in [7, 11) is 2.72. The van der Waals surface area contributed by atoms with E-state index >= 15 is 0 Å². The Morgan fingerprint density at radius 3 is 1.62 bits per heavy atom. The second-order valence-electron chi connectivity index (χ2n) is 4.46. The van der Waals surface area contributed by atoms with Crippen LogP contribution in [-0.4, -0.2) is 26.2 Å². The second kappa shape index (κ2) is 6.51. The third-order valence-electron chi connectivity index (χ3n) is 3.12. The fourth-order valence-corrected chi connectivity index (χ4v) is 1.94. The Bertz CT molecular complexity index is 247. The molecule has 3 unspecified atom stereocenters. The summed E-state index contributed by atoms with van der Waals surface area (Å²) < 4.78 is 9.45. The van der Waals surface area contributed by atoms with E-state index in [-0.39, 0.29) is 35.6 Å². The Morgan fingerprint density at radius 2 is 1.31 bits per heavy atom. The summed E-state index contributed by atoms with van der Waals surface area (Å²) in [6.45, 7) is 7.54. The number of hydrogen-bond acceptors (Lipinski definition) is 4. The number of methoxy groups -OCH3 is 2. The molecular formula is C12H22O4. The van der Waals surface area contributed by atoms with Crippen LogP contribution in [0.5, 0.6) is 0 Å². The number of ether oxygens (including phenoxy) is 2. The van der Waals surface area contributed by atoms with E-state index in [1.807, 2.05) is 20.8 Å². The average molecular weight is 230 g/mol. The van der Waals surface area contributed by atoms with Gasteiger partial charge in [-0.05, 0) is 11.8 Å². The van der Waals surface area contributed by atoms with Gasteiger partial charge in [-0.2, -0.15) is 0 Å². The highest BCUT2D eigenvalue weighted by molar-refractivity contribution is 5.76. The Kier molecular flexibility index (Phi) is 6.08. The van der Waals surface area contributed by atoms with E-state index in [4.69, 9.17) is 4.74 Å². The van der Waals surface area contributed by atoms with Gasteiger partial charge in [-0.15, -0.1) is 0 Å². The molecular weight excluding hydrogens is 208 g/mol. The van der Waals surface area contributed by atoms with Gasteiger partial charge in [0.25, 0.3) is 0 Å². The lowest BCUT2D eigenvalue weighted by molar-refractivity contribution is -0.154. The molecule has 0 aliphatic rings. The van der Waals surface area contributed by atoms with Gasteiger partial charge in [-0.3, -0.25) is 9.59 Å². The Hall–Kier alpha value is -1.06. The maximum atomic E-state index is 11.6. The van der Waals surface area contributed by atoms with E-state index in [2.05, 4.69) is 4.74 Å². The highest BCUT2D eigenvalue weighted by Gasteiger charge is 2.35. The molecule has 0 saturated heterocycles. The molecule has 0 aliphatic heterocycles. The van der Waals surface area contributed by atoms with Crippen molar-refractivity contribution in [2.24, 2.45) is 23.7 Å². The molecule has 0 rings (SSSR count). The van der Waals surface area contributed by atoms with Crippen molar-refractivity contribution in [3.63, 3.8) is 0 Å². The molecule has 0 amide bonds. The van der Waals surface area contributed by atoms with Crippen LogP contribution in [-0.2, 0) is 19.1 Å². The van der Waals surface area contributed by atoms with Crippen molar-refractivity contribution in [3.05, 3.63) is 0 Å². The third-order valence-corrected chi connectivity index (χ3v) is 3.12. The van der Waals surface area contributed by atoms with Crippen LogP contribution in [0.15, 0.2) is 0 Å². The molecule has 0 spiro atoms. The van der Waals surface area contributed by atoms with E-state index < -0.39 is 0 Å². The van der Waals surface area contributed by atoms with Crippen LogP contribution in [0.4, 0.5) is 0 Å². The van der Waals surface area contributed by atoms with Crippen molar-refractivity contribution in [3.8, 4) is 0 Å². The molecule has 94 valence electrons. The summed E-state index contributed by atoms with van der Waals surface area (Å²) >= 11 is 0. The van der Waals surface area contributed by atoms with Gasteiger partial charge in [-0.1, -0.05) is 27.7 Å². The van der Waals surface area contributed by atoms with Crippen molar-refractivity contribution in [1.82, 2.24) is 0 Å². The first kappa shape index (κ1) is 14.9. The molecule has 0 saturated carbocycles. The molecule has 0 radical (unpaired) electrons. The lowest BCUT2D eigenvalue weighted by Crippen LogP contribution is -2.34. The van der Waals surface area contributed by atoms with E-state index in [9.17, 15) is 9.59 Å². The highest BCUT2D eigenvalue weighted by atomic mass is 16.5. The quantitative estimate of drug-likeness (QED) is 0.677. The molecule has 3 atom stereocenters. The van der Waals surface area contributed by atoms with Crippen LogP contribution >= 0.6 is 0 Å². The van der Waals surface area contributed by atoms with Gasteiger partial charge in [0.2, 0.25) is 0 Å². The summed E-state index contributed by atoms with van der Waals surface area (Å²) in [5, 5.41) is 0. The largest absolute Gasteiger partial charge is 0.469 e. The highest BCUT2D eigenvalue weighted by Crippen LogP contribution is 2.28. The predicted molar refractivity (Wildman–Crippen MR) is 60.7 cm³/mol. The zero-order valence-electron chi connectivity index (χ0n) is 10.9. The molecule has 0 aromatic heterocycles. The Labute approximate surface area is 97.3 Å². The van der Waals surface area contributed by atoms with Crippen LogP contribution in [0.1, 0.15) is 27.7 Å². The van der Waals surface area contributed by atoms with Crippen molar-refractivity contribution >= 4 is 11.9 Å². The molecule has 0 aromatic rings. The van der Waals surface area contributed by atoms with Gasteiger partial charge in [-0.25, -0.2) is 0 Å². The lowest BCUT2D eigenvalue weighted by atomic mass is 9.78. The van der Waals surface area contributed by atoms with Gasteiger partial charge in [0, 0.05) is 0 Å². The summed E-state index contributed by atoms with van der Waals surface area (Å²) in [5.74, 6) is -1.11. The van der Waals surface area contributed by atoms with E-state index in [0.717, 1.165) is 0 Å². The summed E-state index contributed by atoms with van der Waals surface area (Å²) in [6, 6.07) is 0. The first-order valence-corrected chi connectivity index (χ1v) is 5.52. The smallest absolute Gasteiger partial charge is 0.309 e. The zero-order chi connectivity index (χ0) is 12.9. The minimum absolute atomic E-state index is 0.0973. The molecule has 0 aliphatic carbocycles. The minimum Gasteiger partial charge on any atom is -0.469 e.